The fraction of sp³-hybridized carbons (Fsp3) is 0.588. The van der Waals surface area contributed by atoms with E-state index in [0.717, 1.165) is 32.0 Å². The van der Waals surface area contributed by atoms with Crippen molar-refractivity contribution in [3.63, 3.8) is 0 Å². The number of hydrogen-bond acceptors (Lipinski definition) is 6. The molecule has 3 rings (SSSR count). The molecule has 3 heterocycles. The van der Waals surface area contributed by atoms with Gasteiger partial charge in [0.05, 0.1) is 31.5 Å². The van der Waals surface area contributed by atoms with Gasteiger partial charge in [0.1, 0.15) is 18.1 Å². The average molecular weight is 334 g/mol. The molecule has 1 aliphatic heterocycles. The maximum absolute atomic E-state index is 9.05. The van der Waals surface area contributed by atoms with Gasteiger partial charge in [0.2, 0.25) is 0 Å². The van der Waals surface area contributed by atoms with E-state index in [1.54, 1.807) is 6.07 Å². The highest BCUT2D eigenvalue weighted by atomic mass is 16.5. The number of morpholine rings is 1. The van der Waals surface area contributed by atoms with Crippen molar-refractivity contribution in [1.29, 1.82) is 0 Å². The van der Waals surface area contributed by atoms with Crippen LogP contribution in [0, 0.1) is 0 Å². The number of furan rings is 1. The highest BCUT2D eigenvalue weighted by Crippen LogP contribution is 2.28. The van der Waals surface area contributed by atoms with E-state index in [-0.39, 0.29) is 18.8 Å². The number of likely N-dealkylation sites (N-methyl/N-ethyl adjacent to an activating group) is 1. The lowest BCUT2D eigenvalue weighted by Crippen LogP contribution is -2.48. The van der Waals surface area contributed by atoms with Gasteiger partial charge in [-0.1, -0.05) is 6.92 Å². The van der Waals surface area contributed by atoms with E-state index in [1.165, 1.54) is 5.56 Å². The van der Waals surface area contributed by atoms with Crippen molar-refractivity contribution in [2.45, 2.75) is 32.2 Å². The molecule has 0 amide bonds. The molecule has 0 aromatic carbocycles. The highest BCUT2D eigenvalue weighted by molar-refractivity contribution is 5.14. The van der Waals surface area contributed by atoms with Crippen LogP contribution in [0.3, 0.4) is 0 Å². The molecule has 2 N–H and O–H groups in total. The maximum Gasteiger partial charge on any atom is 0.129 e. The minimum absolute atomic E-state index is 0.0650. The topological polar surface area (TPSA) is 75.7 Å². The minimum Gasteiger partial charge on any atom is -0.462 e. The zero-order valence-corrected chi connectivity index (χ0v) is 14.3. The summed E-state index contributed by atoms with van der Waals surface area (Å²) in [6.07, 6.45) is 4.06. The normalized spacial score (nSPS) is 22.1. The van der Waals surface area contributed by atoms with Gasteiger partial charge in [-0.3, -0.25) is 9.58 Å². The van der Waals surface area contributed by atoms with Crippen LogP contribution in [0.2, 0.25) is 0 Å². The molecule has 0 saturated carbocycles. The Morgan fingerprint density at radius 3 is 2.88 bits per heavy atom. The van der Waals surface area contributed by atoms with Crippen molar-refractivity contribution in [1.82, 2.24) is 20.0 Å². The SMILES string of the molecule is CCN1CCO[C@@H](CNCc2ccc(CO)o2)[C@@H]1c1cnn(C)c1. The molecule has 24 heavy (non-hydrogen) atoms. The third-order valence-corrected chi connectivity index (χ3v) is 4.45. The molecule has 1 saturated heterocycles. The second-order valence-electron chi connectivity index (χ2n) is 6.09. The van der Waals surface area contributed by atoms with E-state index in [0.29, 0.717) is 12.3 Å². The summed E-state index contributed by atoms with van der Waals surface area (Å²) in [5.41, 5.74) is 1.19. The van der Waals surface area contributed by atoms with Gasteiger partial charge in [0.15, 0.2) is 0 Å². The van der Waals surface area contributed by atoms with Gasteiger partial charge >= 0.3 is 0 Å². The molecule has 0 radical (unpaired) electrons. The van der Waals surface area contributed by atoms with Crippen LogP contribution in [0.15, 0.2) is 28.9 Å². The summed E-state index contributed by atoms with van der Waals surface area (Å²) in [5, 5.41) is 16.8. The van der Waals surface area contributed by atoms with Gasteiger partial charge < -0.3 is 19.6 Å². The molecule has 132 valence electrons. The number of ether oxygens (including phenoxy) is 1. The smallest absolute Gasteiger partial charge is 0.129 e. The summed E-state index contributed by atoms with van der Waals surface area (Å²) in [6, 6.07) is 3.89. The predicted molar refractivity (Wildman–Crippen MR) is 89.3 cm³/mol. The van der Waals surface area contributed by atoms with Crippen molar-refractivity contribution < 1.29 is 14.3 Å². The van der Waals surface area contributed by atoms with Crippen LogP contribution in [0.4, 0.5) is 0 Å². The second kappa shape index (κ2) is 7.94. The number of nitrogens with one attached hydrogen (secondary N) is 1. The van der Waals surface area contributed by atoms with Crippen LogP contribution >= 0.6 is 0 Å². The maximum atomic E-state index is 9.05. The van der Waals surface area contributed by atoms with Crippen LogP contribution in [0.5, 0.6) is 0 Å². The monoisotopic (exact) mass is 334 g/mol. The Kier molecular flexibility index (Phi) is 5.68. The Morgan fingerprint density at radius 2 is 2.21 bits per heavy atom. The number of hydrogen-bond donors (Lipinski definition) is 2. The fourth-order valence-corrected chi connectivity index (χ4v) is 3.27. The molecule has 1 aliphatic rings. The van der Waals surface area contributed by atoms with Crippen molar-refractivity contribution in [3.8, 4) is 0 Å². The van der Waals surface area contributed by atoms with E-state index in [2.05, 4.69) is 28.4 Å². The van der Waals surface area contributed by atoms with Crippen molar-refractivity contribution in [3.05, 3.63) is 41.6 Å². The number of aliphatic hydroxyl groups is 1. The first kappa shape index (κ1) is 17.2. The van der Waals surface area contributed by atoms with Gasteiger partial charge in [-0.2, -0.15) is 5.10 Å². The van der Waals surface area contributed by atoms with Crippen LogP contribution in [-0.2, 0) is 24.9 Å². The number of nitrogens with zero attached hydrogens (tertiary/aromatic N) is 3. The third-order valence-electron chi connectivity index (χ3n) is 4.45. The summed E-state index contributed by atoms with van der Waals surface area (Å²) in [5.74, 6) is 1.41. The molecular weight excluding hydrogens is 308 g/mol. The fourth-order valence-electron chi connectivity index (χ4n) is 3.27. The summed E-state index contributed by atoms with van der Waals surface area (Å²) in [4.78, 5) is 2.43. The standard InChI is InChI=1S/C17H26N4O3/c1-3-21-6-7-23-16(17(21)13-8-19-20(2)11-13)10-18-9-14-4-5-15(12-22)24-14/h4-5,8,11,16-18,22H,3,6-7,9-10,12H2,1-2H3/t16-,17-/m0/s1. The predicted octanol–water partition coefficient (Wildman–Crippen LogP) is 1.06. The van der Waals surface area contributed by atoms with Gasteiger partial charge in [-0.05, 0) is 18.7 Å². The number of aliphatic hydroxyl groups excluding tert-OH is 1. The van der Waals surface area contributed by atoms with Gasteiger partial charge in [0, 0.05) is 31.9 Å². The molecule has 7 heteroatoms. The zero-order valence-electron chi connectivity index (χ0n) is 14.3. The van der Waals surface area contributed by atoms with Crippen LogP contribution < -0.4 is 5.32 Å². The summed E-state index contributed by atoms with van der Waals surface area (Å²) < 4.78 is 13.4. The third kappa shape index (κ3) is 3.87. The molecule has 0 spiro atoms. The van der Waals surface area contributed by atoms with Crippen LogP contribution in [0.1, 0.15) is 30.0 Å². The summed E-state index contributed by atoms with van der Waals surface area (Å²) in [6.45, 7) is 6.12. The van der Waals surface area contributed by atoms with E-state index >= 15 is 0 Å². The molecule has 2 aromatic heterocycles. The Bertz CT molecular complexity index is 639. The van der Waals surface area contributed by atoms with Gasteiger partial charge in [-0.15, -0.1) is 0 Å². The lowest BCUT2D eigenvalue weighted by atomic mass is 10.0. The largest absolute Gasteiger partial charge is 0.462 e. The molecular formula is C17H26N4O3. The quantitative estimate of drug-likeness (QED) is 0.788. The summed E-state index contributed by atoms with van der Waals surface area (Å²) >= 11 is 0. The van der Waals surface area contributed by atoms with Crippen LogP contribution in [-0.4, -0.2) is 52.1 Å². The molecule has 1 fully saturated rings. The first-order valence-electron chi connectivity index (χ1n) is 8.44. The summed E-state index contributed by atoms with van der Waals surface area (Å²) in [7, 11) is 1.94. The van der Waals surface area contributed by atoms with E-state index in [9.17, 15) is 0 Å². The number of rotatable bonds is 7. The molecule has 0 unspecified atom stereocenters. The van der Waals surface area contributed by atoms with E-state index in [1.807, 2.05) is 24.0 Å². The molecule has 2 aromatic rings. The van der Waals surface area contributed by atoms with E-state index in [4.69, 9.17) is 14.3 Å². The Balaban J connectivity index is 1.63. The molecule has 7 nitrogen and oxygen atoms in total. The zero-order chi connectivity index (χ0) is 16.9. The van der Waals surface area contributed by atoms with Gasteiger partial charge in [-0.25, -0.2) is 0 Å². The lowest BCUT2D eigenvalue weighted by Gasteiger charge is -2.40. The van der Waals surface area contributed by atoms with E-state index < -0.39 is 0 Å². The molecule has 0 aliphatic carbocycles. The molecule has 2 atom stereocenters. The average Bonchev–Trinajstić information content (AvgIpc) is 3.23. The lowest BCUT2D eigenvalue weighted by molar-refractivity contribution is -0.0696. The van der Waals surface area contributed by atoms with Crippen LogP contribution in [0.25, 0.3) is 0 Å². The highest BCUT2D eigenvalue weighted by Gasteiger charge is 2.33. The van der Waals surface area contributed by atoms with Crippen molar-refractivity contribution >= 4 is 0 Å². The first-order chi connectivity index (χ1) is 11.7. The molecule has 0 bridgehead atoms. The Labute approximate surface area is 142 Å². The number of aromatic nitrogens is 2. The first-order valence-corrected chi connectivity index (χ1v) is 8.44. The van der Waals surface area contributed by atoms with Crippen molar-refractivity contribution in [2.75, 3.05) is 26.2 Å². The Morgan fingerprint density at radius 1 is 1.38 bits per heavy atom. The minimum atomic E-state index is -0.0692. The van der Waals surface area contributed by atoms with Crippen molar-refractivity contribution in [2.24, 2.45) is 7.05 Å². The second-order valence-corrected chi connectivity index (χ2v) is 6.09. The Hall–Kier alpha value is -1.67. The number of aryl methyl sites for hydroxylation is 1. The van der Waals surface area contributed by atoms with Gasteiger partial charge in [0.25, 0.3) is 0 Å².